The maximum Gasteiger partial charge on any atom is 0.423 e. The number of ether oxygens (including phenoxy) is 2. The van der Waals surface area contributed by atoms with Gasteiger partial charge in [0.15, 0.2) is 0 Å². The fourth-order valence-electron chi connectivity index (χ4n) is 9.42. The van der Waals surface area contributed by atoms with Crippen LogP contribution in [0.25, 0.3) is 0 Å². The summed E-state index contributed by atoms with van der Waals surface area (Å²) in [6, 6.07) is 14.6. The molecule has 2 aromatic heterocycles. The van der Waals surface area contributed by atoms with E-state index in [1.54, 1.807) is 12.4 Å². The second-order valence-electron chi connectivity index (χ2n) is 18.0. The lowest BCUT2D eigenvalue weighted by Crippen LogP contribution is -2.44. The molecule has 8 rings (SSSR count). The number of anilines is 2. The molecule has 14 nitrogen and oxygen atoms in total. The molecule has 4 fully saturated rings. The van der Waals surface area contributed by atoms with Gasteiger partial charge in [-0.15, -0.1) is 23.2 Å². The molecule has 0 radical (unpaired) electrons. The first-order chi connectivity index (χ1) is 33.4. The third-order valence-corrected chi connectivity index (χ3v) is 13.1. The van der Waals surface area contributed by atoms with Crippen molar-refractivity contribution in [2.75, 3.05) is 74.5 Å². The Bertz CT molecular complexity index is 2320. The summed E-state index contributed by atoms with van der Waals surface area (Å²) in [5, 5.41) is 25.4. The first kappa shape index (κ1) is 54.2. The maximum absolute atomic E-state index is 13.3. The largest absolute Gasteiger partial charge is 0.474 e. The Hall–Kier alpha value is -5.18. The number of alkyl halides is 8. The molecule has 2 aliphatic heterocycles. The molecule has 0 amide bonds. The van der Waals surface area contributed by atoms with Crippen LogP contribution in [0.15, 0.2) is 73.1 Å². The number of aromatic nitrogens is 2. The highest BCUT2D eigenvalue weighted by atomic mass is 35.5. The zero-order chi connectivity index (χ0) is 50.4. The molecule has 2 saturated carbocycles. The van der Waals surface area contributed by atoms with Crippen LogP contribution < -0.4 is 24.6 Å². The minimum absolute atomic E-state index is 0.0223. The highest BCUT2D eigenvalue weighted by Crippen LogP contribution is 2.40. The summed E-state index contributed by atoms with van der Waals surface area (Å²) in [4.78, 5) is 35.6. The number of benzene rings is 2. The van der Waals surface area contributed by atoms with Crippen LogP contribution in [-0.4, -0.2) is 102 Å². The third-order valence-electron chi connectivity index (χ3n) is 13.1. The van der Waals surface area contributed by atoms with Gasteiger partial charge in [-0.05, 0) is 118 Å². The summed E-state index contributed by atoms with van der Waals surface area (Å²) in [5.74, 6) is 1.63. The molecular weight excluding hydrogens is 969 g/mol. The molecule has 0 unspecified atom stereocenters. The number of nitrogens with one attached hydrogen (secondary N) is 1. The molecule has 0 spiro atoms. The van der Waals surface area contributed by atoms with Crippen molar-refractivity contribution in [1.82, 2.24) is 20.2 Å². The molecule has 2 aromatic carbocycles. The van der Waals surface area contributed by atoms with Gasteiger partial charge in [0.2, 0.25) is 11.8 Å². The van der Waals surface area contributed by atoms with Crippen LogP contribution in [-0.2, 0) is 25.2 Å². The lowest BCUT2D eigenvalue weighted by molar-refractivity contribution is -0.388. The summed E-state index contributed by atoms with van der Waals surface area (Å²) in [6.45, 7) is 7.72. The van der Waals surface area contributed by atoms with Crippen molar-refractivity contribution in [2.24, 2.45) is 11.8 Å². The van der Waals surface area contributed by atoms with Crippen molar-refractivity contribution in [3.63, 3.8) is 0 Å². The zero-order valence-corrected chi connectivity index (χ0v) is 40.3. The predicted molar refractivity (Wildman–Crippen MR) is 256 cm³/mol. The van der Waals surface area contributed by atoms with Gasteiger partial charge in [-0.3, -0.25) is 20.2 Å². The molecule has 382 valence electrons. The molecule has 2 aliphatic carbocycles. The average Bonchev–Trinajstić information content (AvgIpc) is 3.33. The van der Waals surface area contributed by atoms with Gasteiger partial charge in [0.05, 0.1) is 15.2 Å². The van der Waals surface area contributed by atoms with Crippen molar-refractivity contribution >= 4 is 46.0 Å². The molecule has 22 heteroatoms. The fourth-order valence-corrected chi connectivity index (χ4v) is 9.42. The number of likely N-dealkylation sites (N-methyl/N-ethyl adjacent to an activating group) is 1. The molecule has 1 N–H and O–H groups in total. The summed E-state index contributed by atoms with van der Waals surface area (Å²) in [7, 11) is 2.12. The smallest absolute Gasteiger partial charge is 0.423 e. The summed E-state index contributed by atoms with van der Waals surface area (Å²) in [6.07, 6.45) is 1.45. The van der Waals surface area contributed by atoms with E-state index < -0.39 is 44.7 Å². The van der Waals surface area contributed by atoms with Crippen molar-refractivity contribution in [3.8, 4) is 11.8 Å². The van der Waals surface area contributed by atoms with Crippen LogP contribution in [0.5, 0.6) is 11.8 Å². The molecule has 2 saturated heterocycles. The Morgan fingerprint density at radius 1 is 0.614 bits per heavy atom. The zero-order valence-electron chi connectivity index (χ0n) is 38.8. The van der Waals surface area contributed by atoms with Crippen LogP contribution >= 0.6 is 23.2 Å². The quantitative estimate of drug-likeness (QED) is 0.0622. The van der Waals surface area contributed by atoms with Gasteiger partial charge in [0.25, 0.3) is 11.4 Å². The van der Waals surface area contributed by atoms with Gasteiger partial charge in [0, 0.05) is 100 Å². The molecular formula is C48H58Cl2F6N8O6. The topological polar surface area (TPSA) is 152 Å². The maximum atomic E-state index is 13.3. The number of nitrogens with zero attached hydrogens (tertiary/aromatic N) is 7. The second kappa shape index (κ2) is 25.3. The lowest BCUT2D eigenvalue weighted by Gasteiger charge is -2.34. The molecule has 0 bridgehead atoms. The Morgan fingerprint density at radius 3 is 1.37 bits per heavy atom. The minimum Gasteiger partial charge on any atom is -0.474 e. The van der Waals surface area contributed by atoms with E-state index in [1.165, 1.54) is 12.1 Å². The number of nitro benzene ring substituents is 2. The van der Waals surface area contributed by atoms with E-state index in [9.17, 15) is 46.6 Å². The normalized spacial score (nSPS) is 21.1. The van der Waals surface area contributed by atoms with E-state index in [-0.39, 0.29) is 29.4 Å². The number of hydrogen-bond acceptors (Lipinski definition) is 12. The predicted octanol–water partition coefficient (Wildman–Crippen LogP) is 11.0. The monoisotopic (exact) mass is 1030 g/mol. The molecule has 4 heterocycles. The second-order valence-corrected chi connectivity index (χ2v) is 18.8. The summed E-state index contributed by atoms with van der Waals surface area (Å²) >= 11 is 9.53. The van der Waals surface area contributed by atoms with Gasteiger partial charge in [-0.2, -0.15) is 26.3 Å². The lowest BCUT2D eigenvalue weighted by atomic mass is 9.83. The highest BCUT2D eigenvalue weighted by Gasteiger charge is 2.40. The van der Waals surface area contributed by atoms with Crippen LogP contribution in [0.2, 0.25) is 0 Å². The molecule has 0 atom stereocenters. The Labute approximate surface area is 412 Å². The van der Waals surface area contributed by atoms with Crippen LogP contribution in [0.1, 0.15) is 73.6 Å². The van der Waals surface area contributed by atoms with E-state index in [2.05, 4.69) is 37.0 Å². The van der Waals surface area contributed by atoms with Gasteiger partial charge >= 0.3 is 12.4 Å². The van der Waals surface area contributed by atoms with Gasteiger partial charge in [-0.25, -0.2) is 9.97 Å². The number of nitro groups is 2. The van der Waals surface area contributed by atoms with E-state index in [1.807, 2.05) is 24.3 Å². The van der Waals surface area contributed by atoms with Gasteiger partial charge in [-0.1, -0.05) is 12.1 Å². The number of halogens is 8. The minimum atomic E-state index is -4.75. The van der Waals surface area contributed by atoms with E-state index >= 15 is 0 Å². The average molecular weight is 1030 g/mol. The van der Waals surface area contributed by atoms with Crippen molar-refractivity contribution in [1.29, 1.82) is 0 Å². The van der Waals surface area contributed by atoms with Gasteiger partial charge < -0.3 is 29.5 Å². The SMILES string of the molecule is CN1CCN(c2ccnc(OC3CCC(Cc4ccc([N+](=O)[O-])c(C(F)(F)F)c4)CC3)c2)CC1.ClCCl.O=[N+]([O-])c1ccc(CC2CCC(Oc3cc(N4CCNCC4)ccn3)CC2)cc1C(F)(F)F. The molecule has 4 aromatic rings. The summed E-state index contributed by atoms with van der Waals surface area (Å²) < 4.78 is 91.7. The standard InChI is InChI=1S/C24H29F3N4O3.C23H27F3N4O3.CH2Cl2/c1-29-10-12-30(13-11-29)19-8-9-28-23(16-19)34-20-5-2-17(3-6-20)14-18-4-7-22(31(32)33)21(15-18)24(25,26)27;24-23(25,26)20-14-17(3-6-21(20)30(31)32)13-16-1-4-19(5-2-16)33-22-15-18(7-8-28-22)29-11-9-27-10-12-29;2-1-3/h4,7-9,15-17,20H,2-3,5-6,10-14H2,1H3;3,6-8,14-16,19,27H,1-2,4-5,9-13H2;1H2. The van der Waals surface area contributed by atoms with Crippen molar-refractivity contribution in [2.45, 2.75) is 88.8 Å². The van der Waals surface area contributed by atoms with Crippen LogP contribution in [0, 0.1) is 32.1 Å². The Morgan fingerprint density at radius 2 is 1.00 bits per heavy atom. The Kier molecular flexibility index (Phi) is 19.6. The number of hydrogen-bond donors (Lipinski definition) is 1. The van der Waals surface area contributed by atoms with Crippen molar-refractivity contribution < 1.29 is 45.7 Å². The highest BCUT2D eigenvalue weighted by molar-refractivity contribution is 6.40. The first-order valence-electron chi connectivity index (χ1n) is 23.4. The van der Waals surface area contributed by atoms with Crippen LogP contribution in [0.3, 0.4) is 0 Å². The van der Waals surface area contributed by atoms with E-state index in [0.29, 0.717) is 35.7 Å². The molecule has 70 heavy (non-hydrogen) atoms. The number of piperazine rings is 2. The third kappa shape index (κ3) is 15.9. The van der Waals surface area contributed by atoms with E-state index in [4.69, 9.17) is 32.7 Å². The Balaban J connectivity index is 0.000000218. The van der Waals surface area contributed by atoms with E-state index in [0.717, 1.165) is 139 Å². The first-order valence-corrected chi connectivity index (χ1v) is 24.4. The molecule has 4 aliphatic rings. The summed E-state index contributed by atoms with van der Waals surface area (Å²) in [5.41, 5.74) is -1.03. The number of rotatable bonds is 12. The van der Waals surface area contributed by atoms with Crippen molar-refractivity contribution in [3.05, 3.63) is 116 Å². The number of pyridine rings is 2. The fraction of sp³-hybridized carbons (Fsp3) is 0.542. The van der Waals surface area contributed by atoms with Gasteiger partial charge in [0.1, 0.15) is 23.3 Å². The van der Waals surface area contributed by atoms with Crippen LogP contribution in [0.4, 0.5) is 49.1 Å².